The highest BCUT2D eigenvalue weighted by molar-refractivity contribution is 7.90. The van der Waals surface area contributed by atoms with E-state index in [0.717, 1.165) is 10.4 Å². The molecule has 2 aromatic carbocycles. The molecule has 1 N–H and O–H groups in total. The zero-order chi connectivity index (χ0) is 17.9. The molecule has 0 spiro atoms. The molecule has 0 heterocycles. The van der Waals surface area contributed by atoms with E-state index in [0.29, 0.717) is 6.07 Å². The molecule has 0 saturated carbocycles. The van der Waals surface area contributed by atoms with Crippen LogP contribution in [0.3, 0.4) is 0 Å². The van der Waals surface area contributed by atoms with E-state index < -0.39 is 27.4 Å². The molecule has 0 aliphatic rings. The van der Waals surface area contributed by atoms with Crippen LogP contribution in [0.15, 0.2) is 36.4 Å². The third-order valence-electron chi connectivity index (χ3n) is 2.92. The summed E-state index contributed by atoms with van der Waals surface area (Å²) in [4.78, 5) is 0. The van der Waals surface area contributed by atoms with Gasteiger partial charge in [-0.1, -0.05) is 6.07 Å². The molecule has 9 heteroatoms. The SMILES string of the molecule is CN(C)S(=O)(=O)Nc1cccc(Oc2cc(F)cc(F)c2C#N)c1. The summed E-state index contributed by atoms with van der Waals surface area (Å²) in [5.41, 5.74) is -0.257. The zero-order valence-electron chi connectivity index (χ0n) is 12.7. The number of hydrogen-bond donors (Lipinski definition) is 1. The third kappa shape index (κ3) is 3.98. The Morgan fingerprint density at radius 1 is 1.21 bits per heavy atom. The molecule has 24 heavy (non-hydrogen) atoms. The summed E-state index contributed by atoms with van der Waals surface area (Å²) >= 11 is 0. The van der Waals surface area contributed by atoms with Crippen molar-refractivity contribution < 1.29 is 21.9 Å². The Bertz CT molecular complexity index is 909. The lowest BCUT2D eigenvalue weighted by atomic mass is 10.2. The van der Waals surface area contributed by atoms with E-state index >= 15 is 0 Å². The van der Waals surface area contributed by atoms with Crippen molar-refractivity contribution in [3.63, 3.8) is 0 Å². The number of ether oxygens (including phenoxy) is 1. The van der Waals surface area contributed by atoms with Crippen molar-refractivity contribution in [3.8, 4) is 17.6 Å². The molecule has 0 fully saturated rings. The maximum atomic E-state index is 13.6. The van der Waals surface area contributed by atoms with Gasteiger partial charge in [-0.2, -0.15) is 18.0 Å². The Kier molecular flexibility index (Phi) is 5.02. The molecule has 0 aliphatic carbocycles. The van der Waals surface area contributed by atoms with E-state index in [1.165, 1.54) is 38.4 Å². The quantitative estimate of drug-likeness (QED) is 0.896. The molecule has 0 aliphatic heterocycles. The molecule has 126 valence electrons. The summed E-state index contributed by atoms with van der Waals surface area (Å²) in [6.07, 6.45) is 0. The molecule has 0 radical (unpaired) electrons. The van der Waals surface area contributed by atoms with Crippen LogP contribution < -0.4 is 9.46 Å². The highest BCUT2D eigenvalue weighted by atomic mass is 32.2. The van der Waals surface area contributed by atoms with Gasteiger partial charge >= 0.3 is 10.2 Å². The number of nitriles is 1. The normalized spacial score (nSPS) is 11.2. The van der Waals surface area contributed by atoms with Crippen LogP contribution in [0.25, 0.3) is 0 Å². The molecule has 0 bridgehead atoms. The molecule has 0 atom stereocenters. The van der Waals surface area contributed by atoms with E-state index in [2.05, 4.69) is 4.72 Å². The average Bonchev–Trinajstić information content (AvgIpc) is 2.46. The van der Waals surface area contributed by atoms with Crippen molar-refractivity contribution in [1.29, 1.82) is 5.26 Å². The van der Waals surface area contributed by atoms with Gasteiger partial charge in [0.2, 0.25) is 0 Å². The number of benzene rings is 2. The summed E-state index contributed by atoms with van der Waals surface area (Å²) in [5, 5.41) is 8.95. The highest BCUT2D eigenvalue weighted by Gasteiger charge is 2.15. The van der Waals surface area contributed by atoms with Gasteiger partial charge in [0, 0.05) is 32.3 Å². The second kappa shape index (κ2) is 6.82. The fourth-order valence-electron chi connectivity index (χ4n) is 1.73. The van der Waals surface area contributed by atoms with Crippen molar-refractivity contribution >= 4 is 15.9 Å². The topological polar surface area (TPSA) is 82.4 Å². The van der Waals surface area contributed by atoms with Crippen LogP contribution in [-0.4, -0.2) is 26.8 Å². The van der Waals surface area contributed by atoms with E-state index in [9.17, 15) is 17.2 Å². The molecule has 2 aromatic rings. The predicted octanol–water partition coefficient (Wildman–Crippen LogP) is 2.85. The van der Waals surface area contributed by atoms with Crippen LogP contribution in [0, 0.1) is 23.0 Å². The number of halogens is 2. The Labute approximate surface area is 138 Å². The summed E-state index contributed by atoms with van der Waals surface area (Å²) in [6.45, 7) is 0. The molecule has 2 rings (SSSR count). The molecule has 0 unspecified atom stereocenters. The van der Waals surface area contributed by atoms with Gasteiger partial charge in [-0.15, -0.1) is 0 Å². The Hall–Kier alpha value is -2.70. The molecule has 0 amide bonds. The van der Waals surface area contributed by atoms with Gasteiger partial charge in [0.25, 0.3) is 0 Å². The van der Waals surface area contributed by atoms with Gasteiger partial charge in [0.1, 0.15) is 29.0 Å². The van der Waals surface area contributed by atoms with Crippen LogP contribution in [0.5, 0.6) is 11.5 Å². The summed E-state index contributed by atoms with van der Waals surface area (Å²) < 4.78 is 59.1. The maximum Gasteiger partial charge on any atom is 0.301 e. The number of nitrogens with one attached hydrogen (secondary N) is 1. The summed E-state index contributed by atoms with van der Waals surface area (Å²) in [6, 6.07) is 8.79. The average molecular weight is 353 g/mol. The lowest BCUT2D eigenvalue weighted by Gasteiger charge is -2.14. The van der Waals surface area contributed by atoms with Gasteiger partial charge in [0.15, 0.2) is 5.75 Å². The van der Waals surface area contributed by atoms with Crippen LogP contribution in [0.4, 0.5) is 14.5 Å². The largest absolute Gasteiger partial charge is 0.456 e. The first kappa shape index (κ1) is 17.7. The summed E-state index contributed by atoms with van der Waals surface area (Å²) in [7, 11) is -0.995. The highest BCUT2D eigenvalue weighted by Crippen LogP contribution is 2.29. The van der Waals surface area contributed by atoms with Gasteiger partial charge in [0.05, 0.1) is 5.69 Å². The monoisotopic (exact) mass is 353 g/mol. The van der Waals surface area contributed by atoms with Crippen LogP contribution in [0.1, 0.15) is 5.56 Å². The Balaban J connectivity index is 2.33. The first-order valence-corrected chi connectivity index (χ1v) is 8.04. The van der Waals surface area contributed by atoms with E-state index in [4.69, 9.17) is 10.00 Å². The van der Waals surface area contributed by atoms with E-state index in [-0.39, 0.29) is 17.2 Å². The zero-order valence-corrected chi connectivity index (χ0v) is 13.6. The van der Waals surface area contributed by atoms with Crippen molar-refractivity contribution in [2.45, 2.75) is 0 Å². The Morgan fingerprint density at radius 2 is 1.92 bits per heavy atom. The Morgan fingerprint density at radius 3 is 2.54 bits per heavy atom. The van der Waals surface area contributed by atoms with Crippen molar-refractivity contribution in [2.75, 3.05) is 18.8 Å². The van der Waals surface area contributed by atoms with Crippen molar-refractivity contribution in [2.24, 2.45) is 0 Å². The number of rotatable bonds is 5. The fourth-order valence-corrected chi connectivity index (χ4v) is 2.34. The minimum atomic E-state index is -3.71. The smallest absolute Gasteiger partial charge is 0.301 e. The maximum absolute atomic E-state index is 13.6. The first-order valence-electron chi connectivity index (χ1n) is 6.60. The van der Waals surface area contributed by atoms with Gasteiger partial charge in [-0.05, 0) is 12.1 Å². The summed E-state index contributed by atoms with van der Waals surface area (Å²) in [5.74, 6) is -2.14. The molecular formula is C15H13F2N3O3S. The fraction of sp³-hybridized carbons (Fsp3) is 0.133. The van der Waals surface area contributed by atoms with E-state index in [1.54, 1.807) is 6.07 Å². The lowest BCUT2D eigenvalue weighted by Crippen LogP contribution is -2.28. The van der Waals surface area contributed by atoms with Crippen molar-refractivity contribution in [3.05, 3.63) is 53.6 Å². The predicted molar refractivity (Wildman–Crippen MR) is 83.8 cm³/mol. The number of nitrogens with zero attached hydrogens (tertiary/aromatic N) is 2. The molecule has 6 nitrogen and oxygen atoms in total. The third-order valence-corrected chi connectivity index (χ3v) is 4.38. The molecule has 0 aromatic heterocycles. The van der Waals surface area contributed by atoms with Crippen LogP contribution in [-0.2, 0) is 10.2 Å². The molecule has 0 saturated heterocycles. The number of anilines is 1. The number of hydrogen-bond acceptors (Lipinski definition) is 4. The lowest BCUT2D eigenvalue weighted by molar-refractivity contribution is 0.466. The van der Waals surface area contributed by atoms with Crippen LogP contribution >= 0.6 is 0 Å². The second-order valence-electron chi connectivity index (χ2n) is 4.89. The minimum absolute atomic E-state index is 0.107. The first-order chi connectivity index (χ1) is 11.2. The molecular weight excluding hydrogens is 340 g/mol. The minimum Gasteiger partial charge on any atom is -0.456 e. The van der Waals surface area contributed by atoms with Crippen LogP contribution in [0.2, 0.25) is 0 Å². The van der Waals surface area contributed by atoms with Crippen molar-refractivity contribution in [1.82, 2.24) is 4.31 Å². The second-order valence-corrected chi connectivity index (χ2v) is 6.78. The van der Waals surface area contributed by atoms with Gasteiger partial charge < -0.3 is 4.74 Å². The van der Waals surface area contributed by atoms with Gasteiger partial charge in [-0.3, -0.25) is 4.72 Å². The standard InChI is InChI=1S/C15H13F2N3O3S/c1-20(2)24(21,22)19-11-4-3-5-12(8-11)23-15-7-10(16)6-14(17)13(15)9-18/h3-8,19H,1-2H3. The van der Waals surface area contributed by atoms with Gasteiger partial charge in [-0.25, -0.2) is 8.78 Å². The van der Waals surface area contributed by atoms with E-state index in [1.807, 2.05) is 0 Å².